The number of rotatable bonds is 9. The number of aromatic hydroxyl groups is 1. The lowest BCUT2D eigenvalue weighted by atomic mass is 10.2. The standard InChI is InChI=1S/C17H31N3O2/c1-6-7-10-19(5)13-15-17(22)16(21)12-14(2)20(15)11-8-9-18(3)4/h12,22H,6-11,13H2,1-5H3. The van der Waals surface area contributed by atoms with Crippen molar-refractivity contribution in [3.8, 4) is 5.75 Å². The van der Waals surface area contributed by atoms with Gasteiger partial charge in [0, 0.05) is 24.8 Å². The minimum Gasteiger partial charge on any atom is -0.503 e. The summed E-state index contributed by atoms with van der Waals surface area (Å²) in [5.41, 5.74) is 1.38. The maximum absolute atomic E-state index is 11.9. The van der Waals surface area contributed by atoms with Crippen molar-refractivity contribution >= 4 is 0 Å². The Bertz CT molecular complexity index is 523. The predicted octanol–water partition coefficient (Wildman–Crippen LogP) is 2.05. The summed E-state index contributed by atoms with van der Waals surface area (Å²) in [6.07, 6.45) is 3.25. The summed E-state index contributed by atoms with van der Waals surface area (Å²) in [4.78, 5) is 16.2. The van der Waals surface area contributed by atoms with Crippen LogP contribution in [0.5, 0.6) is 5.75 Å². The van der Waals surface area contributed by atoms with Gasteiger partial charge in [0.05, 0.1) is 5.69 Å². The summed E-state index contributed by atoms with van der Waals surface area (Å²) in [5.74, 6) is -0.0983. The first kappa shape index (κ1) is 18.7. The molecule has 1 aromatic rings. The van der Waals surface area contributed by atoms with E-state index in [1.807, 2.05) is 14.0 Å². The van der Waals surface area contributed by atoms with Gasteiger partial charge < -0.3 is 19.5 Å². The van der Waals surface area contributed by atoms with Gasteiger partial charge in [-0.2, -0.15) is 0 Å². The fraction of sp³-hybridized carbons (Fsp3) is 0.706. The Morgan fingerprint density at radius 2 is 1.86 bits per heavy atom. The number of unbranched alkanes of at least 4 members (excludes halogenated alkanes) is 1. The Hall–Kier alpha value is -1.33. The zero-order valence-corrected chi connectivity index (χ0v) is 14.7. The number of nitrogens with zero attached hydrogens (tertiary/aromatic N) is 3. The second-order valence-electron chi connectivity index (χ2n) is 6.35. The quantitative estimate of drug-likeness (QED) is 0.758. The Morgan fingerprint density at radius 1 is 1.18 bits per heavy atom. The molecule has 0 unspecified atom stereocenters. The van der Waals surface area contributed by atoms with Crippen LogP contribution in [0.3, 0.4) is 0 Å². The third kappa shape index (κ3) is 5.46. The van der Waals surface area contributed by atoms with Crippen molar-refractivity contribution < 1.29 is 5.11 Å². The van der Waals surface area contributed by atoms with E-state index in [0.29, 0.717) is 6.54 Å². The molecule has 0 saturated carbocycles. The molecule has 0 spiro atoms. The van der Waals surface area contributed by atoms with Crippen LogP contribution in [0.4, 0.5) is 0 Å². The molecule has 0 aromatic carbocycles. The molecule has 1 aromatic heterocycles. The molecule has 0 saturated heterocycles. The van der Waals surface area contributed by atoms with Gasteiger partial charge in [-0.05, 0) is 54.0 Å². The molecule has 0 amide bonds. The van der Waals surface area contributed by atoms with Crippen LogP contribution in [0.15, 0.2) is 10.9 Å². The summed E-state index contributed by atoms with van der Waals surface area (Å²) < 4.78 is 2.09. The third-order valence-electron chi connectivity index (χ3n) is 3.90. The molecule has 1 heterocycles. The zero-order valence-electron chi connectivity index (χ0n) is 14.7. The van der Waals surface area contributed by atoms with Crippen LogP contribution in [0, 0.1) is 6.92 Å². The lowest BCUT2D eigenvalue weighted by Gasteiger charge is -2.23. The van der Waals surface area contributed by atoms with Gasteiger partial charge in [0.25, 0.3) is 0 Å². The number of hydrogen-bond acceptors (Lipinski definition) is 4. The summed E-state index contributed by atoms with van der Waals surface area (Å²) in [6, 6.07) is 1.53. The van der Waals surface area contributed by atoms with E-state index < -0.39 is 0 Å². The fourth-order valence-corrected chi connectivity index (χ4v) is 2.60. The number of hydrogen-bond donors (Lipinski definition) is 1. The zero-order chi connectivity index (χ0) is 16.7. The second-order valence-corrected chi connectivity index (χ2v) is 6.35. The monoisotopic (exact) mass is 309 g/mol. The summed E-state index contributed by atoms with van der Waals surface area (Å²) in [5, 5.41) is 10.2. The predicted molar refractivity (Wildman–Crippen MR) is 91.5 cm³/mol. The second kappa shape index (κ2) is 8.96. The van der Waals surface area contributed by atoms with Crippen molar-refractivity contribution in [2.75, 3.05) is 34.2 Å². The normalized spacial score (nSPS) is 11.6. The van der Waals surface area contributed by atoms with Gasteiger partial charge in [0.1, 0.15) is 0 Å². The van der Waals surface area contributed by atoms with Crippen LogP contribution in [-0.2, 0) is 13.1 Å². The van der Waals surface area contributed by atoms with Crippen molar-refractivity contribution in [3.05, 3.63) is 27.7 Å². The Labute approximate surface area is 134 Å². The van der Waals surface area contributed by atoms with Gasteiger partial charge in [-0.15, -0.1) is 0 Å². The molecule has 5 nitrogen and oxygen atoms in total. The van der Waals surface area contributed by atoms with Gasteiger partial charge in [-0.3, -0.25) is 4.79 Å². The number of aryl methyl sites for hydroxylation is 1. The molecule has 0 atom stereocenters. The van der Waals surface area contributed by atoms with Crippen LogP contribution in [0.2, 0.25) is 0 Å². The number of pyridine rings is 1. The fourth-order valence-electron chi connectivity index (χ4n) is 2.60. The summed E-state index contributed by atoms with van der Waals surface area (Å²) >= 11 is 0. The van der Waals surface area contributed by atoms with Crippen LogP contribution in [0.1, 0.15) is 37.6 Å². The van der Waals surface area contributed by atoms with E-state index in [1.165, 1.54) is 6.07 Å². The minimum absolute atomic E-state index is 0.0983. The molecule has 1 N–H and O–H groups in total. The highest BCUT2D eigenvalue weighted by Gasteiger charge is 2.14. The molecule has 0 bridgehead atoms. The Balaban J connectivity index is 2.97. The van der Waals surface area contributed by atoms with E-state index in [4.69, 9.17) is 0 Å². The van der Waals surface area contributed by atoms with Crippen LogP contribution < -0.4 is 5.43 Å². The van der Waals surface area contributed by atoms with Gasteiger partial charge >= 0.3 is 0 Å². The maximum atomic E-state index is 11.9. The number of aromatic nitrogens is 1. The highest BCUT2D eigenvalue weighted by atomic mass is 16.3. The lowest BCUT2D eigenvalue weighted by molar-refractivity contribution is 0.298. The van der Waals surface area contributed by atoms with Crippen molar-refractivity contribution in [2.24, 2.45) is 0 Å². The average molecular weight is 309 g/mol. The highest BCUT2D eigenvalue weighted by molar-refractivity contribution is 5.29. The van der Waals surface area contributed by atoms with E-state index in [2.05, 4.69) is 35.4 Å². The van der Waals surface area contributed by atoms with Crippen LogP contribution in [0.25, 0.3) is 0 Å². The third-order valence-corrected chi connectivity index (χ3v) is 3.90. The Kier molecular flexibility index (Phi) is 7.62. The van der Waals surface area contributed by atoms with E-state index in [-0.39, 0.29) is 11.2 Å². The van der Waals surface area contributed by atoms with Crippen molar-refractivity contribution in [1.29, 1.82) is 0 Å². The molecule has 5 heteroatoms. The molecular formula is C17H31N3O2. The average Bonchev–Trinajstić information content (AvgIpc) is 2.45. The molecule has 0 aliphatic carbocycles. The van der Waals surface area contributed by atoms with Crippen molar-refractivity contribution in [1.82, 2.24) is 14.4 Å². The topological polar surface area (TPSA) is 48.7 Å². The molecule has 1 rings (SSSR count). The molecule has 0 aliphatic rings. The largest absolute Gasteiger partial charge is 0.503 e. The lowest BCUT2D eigenvalue weighted by Crippen LogP contribution is -2.26. The molecule has 0 radical (unpaired) electrons. The first-order valence-corrected chi connectivity index (χ1v) is 8.12. The van der Waals surface area contributed by atoms with Gasteiger partial charge in [0.2, 0.25) is 5.43 Å². The minimum atomic E-state index is -0.278. The highest BCUT2D eigenvalue weighted by Crippen LogP contribution is 2.17. The van der Waals surface area contributed by atoms with Crippen LogP contribution >= 0.6 is 0 Å². The van der Waals surface area contributed by atoms with E-state index >= 15 is 0 Å². The van der Waals surface area contributed by atoms with Crippen molar-refractivity contribution in [3.63, 3.8) is 0 Å². The van der Waals surface area contributed by atoms with Crippen molar-refractivity contribution in [2.45, 2.75) is 46.2 Å². The van der Waals surface area contributed by atoms with Gasteiger partial charge in [-0.1, -0.05) is 13.3 Å². The maximum Gasteiger partial charge on any atom is 0.223 e. The Morgan fingerprint density at radius 3 is 2.45 bits per heavy atom. The van der Waals surface area contributed by atoms with E-state index in [0.717, 1.165) is 50.3 Å². The smallest absolute Gasteiger partial charge is 0.223 e. The molecule has 22 heavy (non-hydrogen) atoms. The SMILES string of the molecule is CCCCN(C)Cc1c(O)c(=O)cc(C)n1CCCN(C)C. The molecule has 126 valence electrons. The first-order valence-electron chi connectivity index (χ1n) is 8.12. The molecule has 0 fully saturated rings. The first-order chi connectivity index (χ1) is 10.4. The van der Waals surface area contributed by atoms with E-state index in [1.54, 1.807) is 0 Å². The summed E-state index contributed by atoms with van der Waals surface area (Å²) in [7, 11) is 6.14. The van der Waals surface area contributed by atoms with Gasteiger partial charge in [0.15, 0.2) is 5.75 Å². The molecule has 0 aliphatic heterocycles. The van der Waals surface area contributed by atoms with Crippen LogP contribution in [-0.4, -0.2) is 53.7 Å². The summed E-state index contributed by atoms with van der Waals surface area (Å²) in [6.45, 7) is 7.47. The molecular weight excluding hydrogens is 278 g/mol. The van der Waals surface area contributed by atoms with Gasteiger partial charge in [-0.25, -0.2) is 0 Å². The van der Waals surface area contributed by atoms with E-state index in [9.17, 15) is 9.90 Å².